The Bertz CT molecular complexity index is 4440. The van der Waals surface area contributed by atoms with Crippen molar-refractivity contribution in [3.05, 3.63) is 277 Å². The van der Waals surface area contributed by atoms with Gasteiger partial charge in [-0.2, -0.15) is 5.26 Å². The predicted octanol–water partition coefficient (Wildman–Crippen LogP) is 17.8. The van der Waals surface area contributed by atoms with Gasteiger partial charge in [-0.15, -0.1) is 0 Å². The zero-order valence-electron chi connectivity index (χ0n) is 41.4. The van der Waals surface area contributed by atoms with Crippen LogP contribution < -0.4 is 5.73 Å². The number of rotatable bonds is 9. The van der Waals surface area contributed by atoms with Crippen LogP contribution in [0.2, 0.25) is 0 Å². The van der Waals surface area contributed by atoms with Gasteiger partial charge in [0.1, 0.15) is 5.84 Å². The molecule has 4 heteroatoms. The number of hydrogen-bond donors (Lipinski definition) is 1. The summed E-state index contributed by atoms with van der Waals surface area (Å²) < 4.78 is 0. The van der Waals surface area contributed by atoms with E-state index >= 15 is 0 Å². The second-order valence-corrected chi connectivity index (χ2v) is 19.6. The van der Waals surface area contributed by atoms with Gasteiger partial charge in [-0.25, -0.2) is 4.99 Å². The molecule has 12 aromatic carbocycles. The molecule has 0 bridgehead atoms. The van der Waals surface area contributed by atoms with Gasteiger partial charge in [-0.3, -0.25) is 4.99 Å². The molecule has 0 saturated heterocycles. The molecule has 0 unspecified atom stereocenters. The zero-order valence-corrected chi connectivity index (χ0v) is 41.4. The number of nitrogens with two attached hydrogens (primary N) is 1. The van der Waals surface area contributed by atoms with Gasteiger partial charge in [-0.05, 0) is 146 Å². The summed E-state index contributed by atoms with van der Waals surface area (Å²) in [5, 5.41) is 15.7. The molecule has 0 spiro atoms. The van der Waals surface area contributed by atoms with Crippen molar-refractivity contribution < 1.29 is 0 Å². The highest BCUT2D eigenvalue weighted by Gasteiger charge is 2.26. The minimum absolute atomic E-state index is 0.316. The first kappa shape index (κ1) is 44.5. The van der Waals surface area contributed by atoms with E-state index in [0.717, 1.165) is 61.2 Å². The molecule has 4 nitrogen and oxygen atoms in total. The molecule has 0 aromatic heterocycles. The van der Waals surface area contributed by atoms with Crippen LogP contribution in [-0.4, -0.2) is 11.7 Å². The lowest BCUT2D eigenvalue weighted by Crippen LogP contribution is -2.16. The van der Waals surface area contributed by atoms with Crippen LogP contribution in [0.25, 0.3) is 122 Å². The SMILES string of the molecule is N#Cc1ccc(-c2cccc(-c3ccccc3-c3ccc4cccc5c4c3-c3ccccc3-5)c2)cc1-c1ccccc1CN=C(N=C(N)c1ccc(-c2ccc3c(c2)-c2cccc4cccc-3c24)cc1)c1ccccc1. The van der Waals surface area contributed by atoms with Gasteiger partial charge < -0.3 is 5.73 Å². The Balaban J connectivity index is 0.773. The summed E-state index contributed by atoms with van der Waals surface area (Å²) in [6, 6.07) is 92.4. The summed E-state index contributed by atoms with van der Waals surface area (Å²) in [4.78, 5) is 10.2. The topological polar surface area (TPSA) is 74.5 Å². The molecule has 12 aromatic rings. The van der Waals surface area contributed by atoms with E-state index in [1.165, 1.54) is 77.2 Å². The number of benzene rings is 12. The van der Waals surface area contributed by atoms with Crippen LogP contribution in [0, 0.1) is 11.3 Å². The van der Waals surface area contributed by atoms with Crippen molar-refractivity contribution in [3.63, 3.8) is 0 Å². The first-order chi connectivity index (χ1) is 37.6. The van der Waals surface area contributed by atoms with Crippen LogP contribution >= 0.6 is 0 Å². The van der Waals surface area contributed by atoms with Crippen LogP contribution in [0.4, 0.5) is 0 Å². The molecule has 2 aliphatic rings. The predicted molar refractivity (Wildman–Crippen MR) is 316 cm³/mol. The van der Waals surface area contributed by atoms with Crippen molar-refractivity contribution in [1.82, 2.24) is 0 Å². The van der Waals surface area contributed by atoms with E-state index in [0.29, 0.717) is 23.8 Å². The van der Waals surface area contributed by atoms with E-state index in [2.05, 4.69) is 200 Å². The first-order valence-corrected chi connectivity index (χ1v) is 25.8. The fourth-order valence-electron chi connectivity index (χ4n) is 11.8. The Kier molecular flexibility index (Phi) is 10.8. The molecule has 0 fully saturated rings. The fourth-order valence-corrected chi connectivity index (χ4v) is 11.8. The number of hydrogen-bond acceptors (Lipinski definition) is 2. The van der Waals surface area contributed by atoms with Crippen molar-refractivity contribution in [2.45, 2.75) is 6.54 Å². The molecule has 2 N–H and O–H groups in total. The lowest BCUT2D eigenvalue weighted by Gasteiger charge is -2.16. The monoisotopic (exact) mass is 966 g/mol. The molecular formula is C72H46N4. The summed E-state index contributed by atoms with van der Waals surface area (Å²) in [5.41, 5.74) is 31.1. The van der Waals surface area contributed by atoms with E-state index in [-0.39, 0.29) is 0 Å². The maximum Gasteiger partial charge on any atom is 0.157 e. The lowest BCUT2D eigenvalue weighted by atomic mass is 9.87. The van der Waals surface area contributed by atoms with Crippen LogP contribution in [0.5, 0.6) is 0 Å². The normalized spacial score (nSPS) is 12.2. The van der Waals surface area contributed by atoms with E-state index in [9.17, 15) is 5.26 Å². The maximum absolute atomic E-state index is 10.6. The molecule has 354 valence electrons. The quantitative estimate of drug-likeness (QED) is 0.116. The van der Waals surface area contributed by atoms with Crippen molar-refractivity contribution in [2.24, 2.45) is 15.7 Å². The van der Waals surface area contributed by atoms with Gasteiger partial charge in [0.2, 0.25) is 0 Å². The van der Waals surface area contributed by atoms with E-state index < -0.39 is 0 Å². The van der Waals surface area contributed by atoms with Crippen LogP contribution in [0.15, 0.2) is 265 Å². The standard InChI is InChI=1S/C72H46N4/c73-43-54-35-34-52(50-20-10-21-53(40-50)56-22-6-7-24-58(56)65-39-36-47-19-13-28-62-59-25-8-9-26-63(59)70(65)69(47)62)41-66(54)57-23-5-4-16-55(57)44-75-72(49-14-2-1-3-15-49)76-71(74)48-32-30-45(31-33-48)51-37-38-60-61-27-11-17-46-18-12-29-64(68(46)61)67(60)42-51/h1-42H,44H2,(H2,74,75,76). The maximum atomic E-state index is 10.6. The number of amidine groups is 2. The Hall–Kier alpha value is -10.2. The molecule has 76 heavy (non-hydrogen) atoms. The number of fused-ring (bicyclic) bond motifs is 6. The molecule has 2 aliphatic carbocycles. The summed E-state index contributed by atoms with van der Waals surface area (Å²) in [6.07, 6.45) is 0. The highest BCUT2D eigenvalue weighted by atomic mass is 15.0. The zero-order chi connectivity index (χ0) is 50.7. The van der Waals surface area contributed by atoms with E-state index in [1.807, 2.05) is 60.7 Å². The van der Waals surface area contributed by atoms with Gasteiger partial charge in [0.05, 0.1) is 18.2 Å². The lowest BCUT2D eigenvalue weighted by molar-refractivity contribution is 1.06. The Labute approximate surface area is 441 Å². The molecule has 0 saturated carbocycles. The minimum Gasteiger partial charge on any atom is -0.383 e. The molecule has 0 heterocycles. The molecule has 0 aliphatic heterocycles. The number of aliphatic imine (C=N–C) groups is 2. The first-order valence-electron chi connectivity index (χ1n) is 25.8. The summed E-state index contributed by atoms with van der Waals surface area (Å²) in [5.74, 6) is 0.900. The average Bonchev–Trinajstić information content (AvgIpc) is 4.05. The second kappa shape index (κ2) is 18.4. The highest BCUT2D eigenvalue weighted by molar-refractivity contribution is 6.20. The summed E-state index contributed by atoms with van der Waals surface area (Å²) in [6.45, 7) is 0.316. The van der Waals surface area contributed by atoms with Gasteiger partial charge in [0.25, 0.3) is 0 Å². The Morgan fingerprint density at radius 2 is 0.882 bits per heavy atom. The van der Waals surface area contributed by atoms with Gasteiger partial charge in [-0.1, -0.05) is 231 Å². The summed E-state index contributed by atoms with van der Waals surface area (Å²) >= 11 is 0. The second-order valence-electron chi connectivity index (χ2n) is 19.6. The largest absolute Gasteiger partial charge is 0.383 e. The molecule has 0 amide bonds. The average molecular weight is 967 g/mol. The fraction of sp³-hybridized carbons (Fsp3) is 0.0139. The third kappa shape index (κ3) is 7.53. The van der Waals surface area contributed by atoms with Crippen LogP contribution in [0.3, 0.4) is 0 Å². The van der Waals surface area contributed by atoms with Crippen LogP contribution in [0.1, 0.15) is 22.3 Å². The van der Waals surface area contributed by atoms with Crippen molar-refractivity contribution in [3.8, 4) is 106 Å². The summed E-state index contributed by atoms with van der Waals surface area (Å²) in [7, 11) is 0. The third-order valence-electron chi connectivity index (χ3n) is 15.4. The van der Waals surface area contributed by atoms with Crippen LogP contribution in [-0.2, 0) is 6.54 Å². The van der Waals surface area contributed by atoms with Crippen molar-refractivity contribution in [1.29, 1.82) is 5.26 Å². The number of nitriles is 1. The van der Waals surface area contributed by atoms with Gasteiger partial charge >= 0.3 is 0 Å². The number of nitrogens with zero attached hydrogens (tertiary/aromatic N) is 3. The Morgan fingerprint density at radius 1 is 0.355 bits per heavy atom. The molecule has 14 rings (SSSR count). The van der Waals surface area contributed by atoms with Gasteiger partial charge in [0.15, 0.2) is 5.84 Å². The van der Waals surface area contributed by atoms with Gasteiger partial charge in [0, 0.05) is 16.7 Å². The van der Waals surface area contributed by atoms with Crippen molar-refractivity contribution >= 4 is 33.2 Å². The molecular weight excluding hydrogens is 921 g/mol. The molecule has 0 atom stereocenters. The Morgan fingerprint density at radius 3 is 1.64 bits per heavy atom. The minimum atomic E-state index is 0.316. The van der Waals surface area contributed by atoms with E-state index in [4.69, 9.17) is 15.7 Å². The van der Waals surface area contributed by atoms with Crippen molar-refractivity contribution in [2.75, 3.05) is 0 Å². The third-order valence-corrected chi connectivity index (χ3v) is 15.4. The van der Waals surface area contributed by atoms with E-state index in [1.54, 1.807) is 0 Å². The molecule has 0 radical (unpaired) electrons. The smallest absolute Gasteiger partial charge is 0.157 e. The highest BCUT2D eigenvalue weighted by Crippen LogP contribution is 2.53.